The van der Waals surface area contributed by atoms with Crippen molar-refractivity contribution in [3.8, 4) is 0 Å². The van der Waals surface area contributed by atoms with Gasteiger partial charge in [-0.1, -0.05) is 23.7 Å². The summed E-state index contributed by atoms with van der Waals surface area (Å²) in [6, 6.07) is 4.31. The largest absolute Gasteiger partial charge is 0.305 e. The zero-order chi connectivity index (χ0) is 10.1. The maximum absolute atomic E-state index is 12.6. The van der Waals surface area contributed by atoms with Crippen LogP contribution in [0.15, 0.2) is 18.2 Å². The molecule has 1 atom stereocenters. The lowest BCUT2D eigenvalue weighted by Gasteiger charge is -2.26. The van der Waals surface area contributed by atoms with Crippen molar-refractivity contribution >= 4 is 11.6 Å². The Morgan fingerprint density at radius 2 is 2.21 bits per heavy atom. The van der Waals surface area contributed by atoms with Gasteiger partial charge in [-0.25, -0.2) is 8.78 Å². The average Bonchev–Trinajstić information content (AvgIpc) is 2.17. The van der Waals surface area contributed by atoms with Crippen molar-refractivity contribution in [2.45, 2.75) is 18.9 Å². The van der Waals surface area contributed by atoms with E-state index in [-0.39, 0.29) is 0 Å². The van der Waals surface area contributed by atoms with Gasteiger partial charge in [0, 0.05) is 11.6 Å². The molecule has 14 heavy (non-hydrogen) atoms. The second kappa shape index (κ2) is 3.83. The van der Waals surface area contributed by atoms with Crippen molar-refractivity contribution in [3.05, 3.63) is 34.3 Å². The molecule has 1 aromatic rings. The molecule has 0 bridgehead atoms. The van der Waals surface area contributed by atoms with Crippen molar-refractivity contribution in [2.24, 2.45) is 0 Å². The van der Waals surface area contributed by atoms with Gasteiger partial charge in [0.25, 0.3) is 6.43 Å². The maximum Gasteiger partial charge on any atom is 0.257 e. The topological polar surface area (TPSA) is 12.0 Å². The van der Waals surface area contributed by atoms with Crippen LogP contribution in [0, 0.1) is 0 Å². The van der Waals surface area contributed by atoms with Gasteiger partial charge in [0.15, 0.2) is 0 Å². The van der Waals surface area contributed by atoms with Gasteiger partial charge < -0.3 is 5.32 Å². The summed E-state index contributed by atoms with van der Waals surface area (Å²) < 4.78 is 25.3. The third-order valence-corrected chi connectivity index (χ3v) is 2.84. The number of hydrogen-bond acceptors (Lipinski definition) is 1. The summed E-state index contributed by atoms with van der Waals surface area (Å²) in [7, 11) is 0. The van der Waals surface area contributed by atoms with E-state index in [1.807, 2.05) is 0 Å². The summed E-state index contributed by atoms with van der Waals surface area (Å²) in [5.74, 6) is 0. The predicted molar refractivity (Wildman–Crippen MR) is 51.9 cm³/mol. The molecule has 2 rings (SSSR count). The number of nitrogens with one attached hydrogen (secondary N) is 1. The van der Waals surface area contributed by atoms with E-state index in [4.69, 9.17) is 11.6 Å². The fourth-order valence-corrected chi connectivity index (χ4v) is 2.09. The van der Waals surface area contributed by atoms with Crippen LogP contribution in [0.3, 0.4) is 0 Å². The van der Waals surface area contributed by atoms with Crippen molar-refractivity contribution in [2.75, 3.05) is 6.54 Å². The van der Waals surface area contributed by atoms with E-state index in [1.165, 1.54) is 0 Å². The Morgan fingerprint density at radius 3 is 2.93 bits per heavy atom. The van der Waals surface area contributed by atoms with E-state index in [0.717, 1.165) is 12.0 Å². The van der Waals surface area contributed by atoms with Gasteiger partial charge in [0.1, 0.15) is 0 Å². The minimum atomic E-state index is -2.38. The SMILES string of the molecule is FC(F)C1NCCc2c(Cl)cccc21. The van der Waals surface area contributed by atoms with Crippen LogP contribution in [0.5, 0.6) is 0 Å². The van der Waals surface area contributed by atoms with Gasteiger partial charge >= 0.3 is 0 Å². The first-order valence-electron chi connectivity index (χ1n) is 4.49. The fourth-order valence-electron chi connectivity index (χ4n) is 1.82. The molecule has 0 amide bonds. The lowest BCUT2D eigenvalue weighted by molar-refractivity contribution is 0.0954. The van der Waals surface area contributed by atoms with Crippen LogP contribution in [0.2, 0.25) is 5.02 Å². The highest BCUT2D eigenvalue weighted by Crippen LogP contribution is 2.31. The second-order valence-electron chi connectivity index (χ2n) is 3.32. The quantitative estimate of drug-likeness (QED) is 0.763. The standard InChI is InChI=1S/C10H10ClF2N/c11-8-3-1-2-7-6(8)4-5-14-9(7)10(12)13/h1-3,9-10,14H,4-5H2. The van der Waals surface area contributed by atoms with E-state index in [0.29, 0.717) is 17.1 Å². The van der Waals surface area contributed by atoms with E-state index in [9.17, 15) is 8.78 Å². The third kappa shape index (κ3) is 1.62. The Kier molecular flexibility index (Phi) is 2.70. The molecule has 1 nitrogen and oxygen atoms in total. The van der Waals surface area contributed by atoms with Crippen molar-refractivity contribution in [1.82, 2.24) is 5.32 Å². The minimum Gasteiger partial charge on any atom is -0.305 e. The summed E-state index contributed by atoms with van der Waals surface area (Å²) in [5.41, 5.74) is 1.50. The molecule has 1 aliphatic heterocycles. The van der Waals surface area contributed by atoms with Crippen LogP contribution in [0.1, 0.15) is 17.2 Å². The molecule has 0 saturated heterocycles. The van der Waals surface area contributed by atoms with E-state index >= 15 is 0 Å². The average molecular weight is 218 g/mol. The van der Waals surface area contributed by atoms with Crippen molar-refractivity contribution < 1.29 is 8.78 Å². The van der Waals surface area contributed by atoms with Crippen molar-refractivity contribution in [1.29, 1.82) is 0 Å². The molecule has 0 spiro atoms. The van der Waals surface area contributed by atoms with Crippen LogP contribution < -0.4 is 5.32 Å². The first kappa shape index (κ1) is 9.87. The molecule has 1 unspecified atom stereocenters. The third-order valence-electron chi connectivity index (χ3n) is 2.48. The normalized spacial score (nSPS) is 21.0. The molecular formula is C10H10ClF2N. The van der Waals surface area contributed by atoms with Gasteiger partial charge in [-0.2, -0.15) is 0 Å². The molecule has 0 fully saturated rings. The van der Waals surface area contributed by atoms with E-state index < -0.39 is 12.5 Å². The Morgan fingerprint density at radius 1 is 1.43 bits per heavy atom. The number of halogens is 3. The van der Waals surface area contributed by atoms with Gasteiger partial charge in [-0.05, 0) is 23.6 Å². The lowest BCUT2D eigenvalue weighted by Crippen LogP contribution is -2.34. The van der Waals surface area contributed by atoms with Crippen LogP contribution >= 0.6 is 11.6 Å². The number of fused-ring (bicyclic) bond motifs is 1. The maximum atomic E-state index is 12.6. The summed E-state index contributed by atoms with van der Waals surface area (Å²) in [6.07, 6.45) is -1.66. The zero-order valence-corrected chi connectivity index (χ0v) is 8.19. The Labute approximate surface area is 86.1 Å². The molecule has 76 valence electrons. The molecule has 0 aromatic heterocycles. The Balaban J connectivity index is 2.44. The van der Waals surface area contributed by atoms with Gasteiger partial charge in [-0.3, -0.25) is 0 Å². The molecule has 1 aromatic carbocycles. The van der Waals surface area contributed by atoms with Crippen LogP contribution in [-0.2, 0) is 6.42 Å². The molecule has 0 saturated carbocycles. The number of benzene rings is 1. The van der Waals surface area contributed by atoms with E-state index in [1.54, 1.807) is 18.2 Å². The summed E-state index contributed by atoms with van der Waals surface area (Å²) >= 11 is 5.94. The highest BCUT2D eigenvalue weighted by molar-refractivity contribution is 6.31. The highest BCUT2D eigenvalue weighted by atomic mass is 35.5. The van der Waals surface area contributed by atoms with Crippen LogP contribution in [0.25, 0.3) is 0 Å². The first-order valence-corrected chi connectivity index (χ1v) is 4.87. The smallest absolute Gasteiger partial charge is 0.257 e. The molecule has 1 N–H and O–H groups in total. The summed E-state index contributed by atoms with van der Waals surface area (Å²) in [5, 5.41) is 3.39. The predicted octanol–water partition coefficient (Wildman–Crippen LogP) is 2.79. The van der Waals surface area contributed by atoms with Gasteiger partial charge in [-0.15, -0.1) is 0 Å². The number of rotatable bonds is 1. The second-order valence-corrected chi connectivity index (χ2v) is 3.73. The molecule has 4 heteroatoms. The zero-order valence-electron chi connectivity index (χ0n) is 7.43. The van der Waals surface area contributed by atoms with E-state index in [2.05, 4.69) is 5.32 Å². The van der Waals surface area contributed by atoms with Gasteiger partial charge in [0.05, 0.1) is 6.04 Å². The van der Waals surface area contributed by atoms with Crippen LogP contribution in [0.4, 0.5) is 8.78 Å². The Bertz CT molecular complexity index is 341. The van der Waals surface area contributed by atoms with Crippen LogP contribution in [-0.4, -0.2) is 13.0 Å². The molecule has 1 heterocycles. The number of hydrogen-bond donors (Lipinski definition) is 1. The lowest BCUT2D eigenvalue weighted by atomic mass is 9.94. The van der Waals surface area contributed by atoms with Gasteiger partial charge in [0.2, 0.25) is 0 Å². The molecular weight excluding hydrogens is 208 g/mol. The summed E-state index contributed by atoms with van der Waals surface area (Å²) in [4.78, 5) is 0. The molecule has 0 radical (unpaired) electrons. The molecule has 0 aliphatic carbocycles. The minimum absolute atomic E-state index is 0.561. The summed E-state index contributed by atoms with van der Waals surface area (Å²) in [6.45, 7) is 0.561. The monoisotopic (exact) mass is 217 g/mol. The number of alkyl halides is 2. The highest BCUT2D eigenvalue weighted by Gasteiger charge is 2.28. The molecule has 1 aliphatic rings. The van der Waals surface area contributed by atoms with Crippen molar-refractivity contribution in [3.63, 3.8) is 0 Å². The fraction of sp³-hybridized carbons (Fsp3) is 0.400. The first-order chi connectivity index (χ1) is 6.70. The Hall–Kier alpha value is -0.670.